The van der Waals surface area contributed by atoms with Gasteiger partial charge in [-0.3, -0.25) is 0 Å². The average Bonchev–Trinajstić information content (AvgIpc) is 2.11. The Bertz CT molecular complexity index is 266. The van der Waals surface area contributed by atoms with E-state index < -0.39 is 0 Å². The first kappa shape index (κ1) is 10.6. The smallest absolute Gasteiger partial charge is 0.0408 e. The molecule has 0 nitrogen and oxygen atoms in total. The molecule has 0 aromatic heterocycles. The highest BCUT2D eigenvalue weighted by molar-refractivity contribution is 6.30. The fourth-order valence-corrected chi connectivity index (χ4v) is 1.67. The predicted molar refractivity (Wildman–Crippen MR) is 59.4 cm³/mol. The highest BCUT2D eigenvalue weighted by Crippen LogP contribution is 2.17. The summed E-state index contributed by atoms with van der Waals surface area (Å²) in [5, 5.41) is 0.858. The van der Waals surface area contributed by atoms with Crippen molar-refractivity contribution in [3.05, 3.63) is 34.3 Å². The molecule has 0 atom stereocenters. The summed E-state index contributed by atoms with van der Waals surface area (Å²) < 4.78 is 0. The highest BCUT2D eigenvalue weighted by atomic mass is 35.5. The van der Waals surface area contributed by atoms with Crippen LogP contribution in [-0.2, 0) is 6.42 Å². The number of hydrogen-bond acceptors (Lipinski definition) is 0. The van der Waals surface area contributed by atoms with Crippen LogP contribution in [0.3, 0.4) is 0 Å². The van der Waals surface area contributed by atoms with Gasteiger partial charge >= 0.3 is 0 Å². The summed E-state index contributed by atoms with van der Waals surface area (Å²) in [6.07, 6.45) is 5.03. The van der Waals surface area contributed by atoms with Crippen molar-refractivity contribution < 1.29 is 0 Å². The van der Waals surface area contributed by atoms with E-state index in [0.29, 0.717) is 0 Å². The first-order valence-corrected chi connectivity index (χ1v) is 5.37. The van der Waals surface area contributed by atoms with E-state index >= 15 is 0 Å². The molecule has 0 fully saturated rings. The predicted octanol–water partition coefficient (Wildman–Crippen LogP) is 4.38. The van der Waals surface area contributed by atoms with Gasteiger partial charge in [0.05, 0.1) is 0 Å². The number of benzene rings is 1. The fourth-order valence-electron chi connectivity index (χ4n) is 1.47. The van der Waals surface area contributed by atoms with Crippen LogP contribution in [0, 0.1) is 6.92 Å². The van der Waals surface area contributed by atoms with E-state index in [0.717, 1.165) is 5.02 Å². The van der Waals surface area contributed by atoms with Crippen LogP contribution in [0.15, 0.2) is 18.2 Å². The van der Waals surface area contributed by atoms with Crippen LogP contribution in [-0.4, -0.2) is 0 Å². The molecule has 0 bridgehead atoms. The van der Waals surface area contributed by atoms with Crippen LogP contribution in [0.1, 0.15) is 37.3 Å². The quantitative estimate of drug-likeness (QED) is 0.627. The van der Waals surface area contributed by atoms with Gasteiger partial charge < -0.3 is 0 Å². The first-order chi connectivity index (χ1) is 6.24. The summed E-state index contributed by atoms with van der Waals surface area (Å²) >= 11 is 5.93. The number of unbranched alkanes of at least 4 members (excludes halogenated alkanes) is 2. The third-order valence-electron chi connectivity index (χ3n) is 2.36. The lowest BCUT2D eigenvalue weighted by atomic mass is 10.0. The molecule has 1 heteroatoms. The Hall–Kier alpha value is -0.490. The standard InChI is InChI=1S/C12H17Cl/c1-3-4-5-6-11-9-12(13)8-7-10(11)2/h7-9H,3-6H2,1-2H3. The largest absolute Gasteiger partial charge is 0.0843 e. The molecule has 0 radical (unpaired) electrons. The van der Waals surface area contributed by atoms with Crippen molar-refractivity contribution in [3.8, 4) is 0 Å². The Morgan fingerprint density at radius 1 is 1.23 bits per heavy atom. The van der Waals surface area contributed by atoms with Gasteiger partial charge in [-0.15, -0.1) is 0 Å². The van der Waals surface area contributed by atoms with Gasteiger partial charge in [0.1, 0.15) is 0 Å². The summed E-state index contributed by atoms with van der Waals surface area (Å²) in [6.45, 7) is 4.38. The SMILES string of the molecule is CCCCCc1cc(Cl)ccc1C. The molecule has 0 N–H and O–H groups in total. The van der Waals surface area contributed by atoms with Gasteiger partial charge in [0, 0.05) is 5.02 Å². The molecular formula is C12H17Cl. The Kier molecular flexibility index (Phi) is 4.31. The molecule has 1 aromatic carbocycles. The van der Waals surface area contributed by atoms with E-state index in [2.05, 4.69) is 26.0 Å². The van der Waals surface area contributed by atoms with Crippen LogP contribution in [0.25, 0.3) is 0 Å². The average molecular weight is 197 g/mol. The second-order valence-electron chi connectivity index (χ2n) is 3.53. The third kappa shape index (κ3) is 3.40. The summed E-state index contributed by atoms with van der Waals surface area (Å²) in [5.41, 5.74) is 2.77. The number of halogens is 1. The summed E-state index contributed by atoms with van der Waals surface area (Å²) in [5.74, 6) is 0. The number of hydrogen-bond donors (Lipinski definition) is 0. The van der Waals surface area contributed by atoms with Gasteiger partial charge in [0.15, 0.2) is 0 Å². The second-order valence-corrected chi connectivity index (χ2v) is 3.96. The fraction of sp³-hybridized carbons (Fsp3) is 0.500. The van der Waals surface area contributed by atoms with E-state index in [-0.39, 0.29) is 0 Å². The maximum atomic E-state index is 5.93. The highest BCUT2D eigenvalue weighted by Gasteiger charge is 1.98. The molecule has 13 heavy (non-hydrogen) atoms. The summed E-state index contributed by atoms with van der Waals surface area (Å²) in [7, 11) is 0. The zero-order valence-corrected chi connectivity index (χ0v) is 9.19. The van der Waals surface area contributed by atoms with E-state index in [1.165, 1.54) is 36.8 Å². The second kappa shape index (κ2) is 5.29. The molecular weight excluding hydrogens is 180 g/mol. The van der Waals surface area contributed by atoms with Crippen molar-refractivity contribution >= 4 is 11.6 Å². The molecule has 0 aliphatic rings. The zero-order chi connectivity index (χ0) is 9.68. The van der Waals surface area contributed by atoms with Crippen LogP contribution in [0.5, 0.6) is 0 Å². The molecule has 1 rings (SSSR count). The van der Waals surface area contributed by atoms with Crippen LogP contribution in [0.4, 0.5) is 0 Å². The Balaban J connectivity index is 2.59. The van der Waals surface area contributed by atoms with Gasteiger partial charge in [-0.05, 0) is 43.0 Å². The molecule has 0 saturated heterocycles. The van der Waals surface area contributed by atoms with Crippen LogP contribution < -0.4 is 0 Å². The molecule has 0 amide bonds. The molecule has 0 unspecified atom stereocenters. The van der Waals surface area contributed by atoms with Crippen LogP contribution in [0.2, 0.25) is 5.02 Å². The number of aryl methyl sites for hydroxylation is 2. The monoisotopic (exact) mass is 196 g/mol. The topological polar surface area (TPSA) is 0 Å². The number of rotatable bonds is 4. The Morgan fingerprint density at radius 3 is 2.69 bits per heavy atom. The minimum Gasteiger partial charge on any atom is -0.0843 e. The van der Waals surface area contributed by atoms with Crippen molar-refractivity contribution in [3.63, 3.8) is 0 Å². The van der Waals surface area contributed by atoms with E-state index in [1.54, 1.807) is 0 Å². The van der Waals surface area contributed by atoms with E-state index in [1.807, 2.05) is 6.07 Å². The lowest BCUT2D eigenvalue weighted by Gasteiger charge is -2.05. The zero-order valence-electron chi connectivity index (χ0n) is 8.44. The van der Waals surface area contributed by atoms with Gasteiger partial charge in [0.25, 0.3) is 0 Å². The van der Waals surface area contributed by atoms with Gasteiger partial charge in [-0.2, -0.15) is 0 Å². The first-order valence-electron chi connectivity index (χ1n) is 4.99. The summed E-state index contributed by atoms with van der Waals surface area (Å²) in [6, 6.07) is 6.15. The molecule has 72 valence electrons. The van der Waals surface area contributed by atoms with Crippen LogP contribution >= 0.6 is 11.6 Å². The lowest BCUT2D eigenvalue weighted by molar-refractivity contribution is 0.715. The van der Waals surface area contributed by atoms with E-state index in [9.17, 15) is 0 Å². The van der Waals surface area contributed by atoms with Crippen molar-refractivity contribution in [2.24, 2.45) is 0 Å². The van der Waals surface area contributed by atoms with E-state index in [4.69, 9.17) is 11.6 Å². The normalized spacial score (nSPS) is 10.4. The Morgan fingerprint density at radius 2 is 2.00 bits per heavy atom. The summed E-state index contributed by atoms with van der Waals surface area (Å²) in [4.78, 5) is 0. The Labute approximate surface area is 85.9 Å². The molecule has 0 spiro atoms. The minimum atomic E-state index is 0.858. The molecule has 0 aliphatic carbocycles. The van der Waals surface area contributed by atoms with Crippen molar-refractivity contribution in [1.29, 1.82) is 0 Å². The molecule has 0 aliphatic heterocycles. The maximum Gasteiger partial charge on any atom is 0.0408 e. The molecule has 0 heterocycles. The van der Waals surface area contributed by atoms with Gasteiger partial charge in [-0.25, -0.2) is 0 Å². The molecule has 0 saturated carbocycles. The maximum absolute atomic E-state index is 5.93. The van der Waals surface area contributed by atoms with Gasteiger partial charge in [0.2, 0.25) is 0 Å². The van der Waals surface area contributed by atoms with Crippen molar-refractivity contribution in [2.45, 2.75) is 39.5 Å². The molecule has 1 aromatic rings. The van der Waals surface area contributed by atoms with Crippen molar-refractivity contribution in [1.82, 2.24) is 0 Å². The van der Waals surface area contributed by atoms with Gasteiger partial charge in [-0.1, -0.05) is 37.4 Å². The van der Waals surface area contributed by atoms with Crippen molar-refractivity contribution in [2.75, 3.05) is 0 Å². The third-order valence-corrected chi connectivity index (χ3v) is 2.60. The lowest BCUT2D eigenvalue weighted by Crippen LogP contribution is -1.89. The minimum absolute atomic E-state index is 0.858.